The van der Waals surface area contributed by atoms with Gasteiger partial charge in [-0.2, -0.15) is 0 Å². The first kappa shape index (κ1) is 53.7. The van der Waals surface area contributed by atoms with E-state index in [2.05, 4.69) is 47.4 Å². The van der Waals surface area contributed by atoms with Crippen molar-refractivity contribution >= 4 is 17.9 Å². The van der Waals surface area contributed by atoms with Crippen molar-refractivity contribution in [3.05, 3.63) is 127 Å². The molecule has 3 rings (SSSR count). The van der Waals surface area contributed by atoms with Crippen LogP contribution in [0.25, 0.3) is 0 Å². The summed E-state index contributed by atoms with van der Waals surface area (Å²) in [5.74, 6) is 0.463. The zero-order valence-corrected chi connectivity index (χ0v) is 34.7. The fourth-order valence-corrected chi connectivity index (χ4v) is 3.16. The van der Waals surface area contributed by atoms with E-state index in [1.807, 2.05) is 54.6 Å². The second-order valence-electron chi connectivity index (χ2n) is 12.4. The lowest BCUT2D eigenvalue weighted by Crippen LogP contribution is -2.25. The summed E-state index contributed by atoms with van der Waals surface area (Å²) < 4.78 is 30.2. The smallest absolute Gasteiger partial charge is 0.333 e. The van der Waals surface area contributed by atoms with Crippen LogP contribution in [-0.4, -0.2) is 91.2 Å². The molecular formula is C45H64O12. The van der Waals surface area contributed by atoms with Crippen LogP contribution in [0.1, 0.15) is 61.3 Å². The van der Waals surface area contributed by atoms with Crippen molar-refractivity contribution in [2.24, 2.45) is 0 Å². The molecule has 0 aliphatic rings. The average molecular weight is 797 g/mol. The van der Waals surface area contributed by atoms with Crippen molar-refractivity contribution in [3.63, 3.8) is 0 Å². The maximum Gasteiger partial charge on any atom is 0.333 e. The molecule has 0 amide bonds. The van der Waals surface area contributed by atoms with Gasteiger partial charge in [0.1, 0.15) is 75.2 Å². The molecule has 0 aromatic heterocycles. The summed E-state index contributed by atoms with van der Waals surface area (Å²) in [6.45, 7) is 23.4. The van der Waals surface area contributed by atoms with Gasteiger partial charge in [0, 0.05) is 16.7 Å². The number of benzene rings is 3. The first-order valence-electron chi connectivity index (χ1n) is 18.7. The Labute approximate surface area is 339 Å². The molecular weight excluding hydrogens is 732 g/mol. The van der Waals surface area contributed by atoms with Crippen LogP contribution in [-0.2, 0) is 28.6 Å². The van der Waals surface area contributed by atoms with Crippen LogP contribution in [0.5, 0.6) is 17.2 Å². The van der Waals surface area contributed by atoms with Gasteiger partial charge < -0.3 is 43.7 Å². The average Bonchev–Trinajstić information content (AvgIpc) is 3.20. The quantitative estimate of drug-likeness (QED) is 0.0661. The third kappa shape index (κ3) is 32.5. The van der Waals surface area contributed by atoms with E-state index in [1.165, 1.54) is 12.8 Å². The normalized spacial score (nSPS) is 11.1. The predicted molar refractivity (Wildman–Crippen MR) is 223 cm³/mol. The molecule has 3 N–H and O–H groups in total. The molecule has 0 aliphatic heterocycles. The van der Waals surface area contributed by atoms with Gasteiger partial charge in [0.2, 0.25) is 0 Å². The third-order valence-electron chi connectivity index (χ3n) is 5.82. The predicted octanol–water partition coefficient (Wildman–Crippen LogP) is 7.47. The van der Waals surface area contributed by atoms with Crippen LogP contribution in [0.3, 0.4) is 0 Å². The minimum absolute atomic E-state index is 0.0769. The Balaban J connectivity index is 0. The van der Waals surface area contributed by atoms with Crippen molar-refractivity contribution in [3.8, 4) is 17.2 Å². The number of para-hydroxylation sites is 3. The SMILES string of the molecule is C=C(C)C(=O)OCC(O)COc1ccccc1.C=C(C)C(=O)OCC(O)COc1ccccc1.C=C(C)C(=O)OCC(O)COc1ccccc1.CCC.CCC. The maximum absolute atomic E-state index is 11.0. The van der Waals surface area contributed by atoms with Gasteiger partial charge in [-0.3, -0.25) is 0 Å². The Morgan fingerprint density at radius 1 is 0.439 bits per heavy atom. The standard InChI is InChI=1S/3C13H16O4.2C3H8/c3*1-10(2)13(15)17-9-11(14)8-16-12-6-4-3-5-7-12;2*1-3-2/h3*3-7,11,14H,1,8-9H2,2H3;2*3H2,1-2H3. The first-order chi connectivity index (χ1) is 27.1. The summed E-state index contributed by atoms with van der Waals surface area (Å²) in [4.78, 5) is 33.1. The molecule has 3 aromatic carbocycles. The molecule has 12 heteroatoms. The summed E-state index contributed by atoms with van der Waals surface area (Å²) in [7, 11) is 0. The van der Waals surface area contributed by atoms with Gasteiger partial charge in [-0.25, -0.2) is 14.4 Å². The van der Waals surface area contributed by atoms with Gasteiger partial charge in [0.15, 0.2) is 0 Å². The Kier molecular flexibility index (Phi) is 33.0. The van der Waals surface area contributed by atoms with E-state index >= 15 is 0 Å². The van der Waals surface area contributed by atoms with Crippen molar-refractivity contribution in [1.82, 2.24) is 0 Å². The molecule has 0 heterocycles. The molecule has 0 bridgehead atoms. The fraction of sp³-hybridized carbons (Fsp3) is 0.400. The number of hydrogen-bond acceptors (Lipinski definition) is 12. The molecule has 316 valence electrons. The van der Waals surface area contributed by atoms with Crippen molar-refractivity contribution in [2.75, 3.05) is 39.6 Å². The summed E-state index contributed by atoms with van der Waals surface area (Å²) in [5, 5.41) is 28.5. The zero-order valence-electron chi connectivity index (χ0n) is 34.7. The minimum Gasteiger partial charge on any atom is -0.491 e. The van der Waals surface area contributed by atoms with E-state index in [0.717, 1.165) is 0 Å². The maximum atomic E-state index is 11.0. The summed E-state index contributed by atoms with van der Waals surface area (Å²) in [6.07, 6.45) is -0.0458. The highest BCUT2D eigenvalue weighted by atomic mass is 16.6. The molecule has 0 aliphatic carbocycles. The number of rotatable bonds is 18. The number of carbonyl (C=O) groups excluding carboxylic acids is 3. The van der Waals surface area contributed by atoms with Crippen LogP contribution in [0.2, 0.25) is 0 Å². The second-order valence-corrected chi connectivity index (χ2v) is 12.4. The van der Waals surface area contributed by atoms with E-state index in [4.69, 9.17) is 28.4 Å². The van der Waals surface area contributed by atoms with E-state index < -0.39 is 36.2 Å². The Morgan fingerprint density at radius 2 is 0.632 bits per heavy atom. The van der Waals surface area contributed by atoms with Gasteiger partial charge in [-0.1, -0.05) is 115 Å². The number of esters is 3. The van der Waals surface area contributed by atoms with Crippen LogP contribution in [0.15, 0.2) is 127 Å². The van der Waals surface area contributed by atoms with Crippen LogP contribution >= 0.6 is 0 Å². The highest BCUT2D eigenvalue weighted by molar-refractivity contribution is 5.87. The molecule has 0 saturated heterocycles. The molecule has 0 fully saturated rings. The van der Waals surface area contributed by atoms with Crippen molar-refractivity contribution in [1.29, 1.82) is 0 Å². The first-order valence-corrected chi connectivity index (χ1v) is 18.7. The molecule has 0 saturated carbocycles. The molecule has 3 atom stereocenters. The Morgan fingerprint density at radius 3 is 0.807 bits per heavy atom. The lowest BCUT2D eigenvalue weighted by atomic mass is 10.3. The van der Waals surface area contributed by atoms with Gasteiger partial charge in [-0.05, 0) is 57.2 Å². The number of aliphatic hydroxyl groups excluding tert-OH is 3. The van der Waals surface area contributed by atoms with Crippen LogP contribution in [0.4, 0.5) is 0 Å². The van der Waals surface area contributed by atoms with Crippen molar-refractivity contribution < 1.29 is 58.1 Å². The summed E-state index contributed by atoms with van der Waals surface area (Å²) in [5.41, 5.74) is 0.920. The van der Waals surface area contributed by atoms with Crippen LogP contribution in [0, 0.1) is 0 Å². The van der Waals surface area contributed by atoms with E-state index in [0.29, 0.717) is 34.0 Å². The highest BCUT2D eigenvalue weighted by Crippen LogP contribution is 2.10. The Bertz CT molecular complexity index is 1330. The van der Waals surface area contributed by atoms with E-state index in [9.17, 15) is 29.7 Å². The summed E-state index contributed by atoms with van der Waals surface area (Å²) in [6, 6.07) is 27.3. The number of aliphatic hydroxyl groups is 3. The molecule has 0 radical (unpaired) electrons. The largest absolute Gasteiger partial charge is 0.491 e. The van der Waals surface area contributed by atoms with Gasteiger partial charge in [-0.15, -0.1) is 0 Å². The number of ether oxygens (including phenoxy) is 6. The lowest BCUT2D eigenvalue weighted by molar-refractivity contribution is -0.143. The van der Waals surface area contributed by atoms with E-state index in [1.54, 1.807) is 57.2 Å². The summed E-state index contributed by atoms with van der Waals surface area (Å²) >= 11 is 0. The van der Waals surface area contributed by atoms with Gasteiger partial charge in [0.05, 0.1) is 0 Å². The third-order valence-corrected chi connectivity index (χ3v) is 5.82. The minimum atomic E-state index is -0.849. The molecule has 57 heavy (non-hydrogen) atoms. The second kappa shape index (κ2) is 35.0. The molecule has 3 aromatic rings. The number of carbonyl (C=O) groups is 3. The van der Waals surface area contributed by atoms with Crippen molar-refractivity contribution in [2.45, 2.75) is 79.6 Å². The Hall–Kier alpha value is -5.43. The monoisotopic (exact) mass is 796 g/mol. The topological polar surface area (TPSA) is 167 Å². The number of hydrogen-bond donors (Lipinski definition) is 3. The van der Waals surface area contributed by atoms with Gasteiger partial charge >= 0.3 is 17.9 Å². The molecule has 0 spiro atoms. The fourth-order valence-electron chi connectivity index (χ4n) is 3.16. The lowest BCUT2D eigenvalue weighted by Gasteiger charge is -2.12. The van der Waals surface area contributed by atoms with Crippen LogP contribution < -0.4 is 14.2 Å². The highest BCUT2D eigenvalue weighted by Gasteiger charge is 2.12. The van der Waals surface area contributed by atoms with E-state index in [-0.39, 0.29) is 39.6 Å². The zero-order chi connectivity index (χ0) is 43.4. The van der Waals surface area contributed by atoms with Gasteiger partial charge in [0.25, 0.3) is 0 Å². The molecule has 3 unspecified atom stereocenters. The molecule has 12 nitrogen and oxygen atoms in total.